The lowest BCUT2D eigenvalue weighted by Gasteiger charge is -2.14. The molecule has 0 saturated heterocycles. The summed E-state index contributed by atoms with van der Waals surface area (Å²) in [5.74, 6) is 0. The number of methoxy groups -OCH3 is 1. The van der Waals surface area contributed by atoms with Crippen LogP contribution in [0.4, 0.5) is 5.69 Å². The van der Waals surface area contributed by atoms with E-state index in [1.165, 1.54) is 5.56 Å². The van der Waals surface area contributed by atoms with Crippen molar-refractivity contribution in [3.05, 3.63) is 35.9 Å². The van der Waals surface area contributed by atoms with Gasteiger partial charge in [-0.2, -0.15) is 0 Å². The predicted octanol–water partition coefficient (Wildman–Crippen LogP) is 2.21. The van der Waals surface area contributed by atoms with Gasteiger partial charge in [-0.3, -0.25) is 4.99 Å². The quantitative estimate of drug-likeness (QED) is 0.681. The van der Waals surface area contributed by atoms with E-state index in [0.717, 1.165) is 17.0 Å². The highest BCUT2D eigenvalue weighted by molar-refractivity contribution is 6.33. The number of para-hydroxylation sites is 1. The summed E-state index contributed by atoms with van der Waals surface area (Å²) in [5, 5.41) is 0. The number of hydrogen-bond donors (Lipinski definition) is 0. The molecule has 0 aliphatic carbocycles. The molecule has 0 bridgehead atoms. The van der Waals surface area contributed by atoms with Crippen LogP contribution >= 0.6 is 0 Å². The molecule has 0 amide bonds. The van der Waals surface area contributed by atoms with Crippen molar-refractivity contribution < 1.29 is 4.74 Å². The second-order valence-electron chi connectivity index (χ2n) is 3.48. The van der Waals surface area contributed by atoms with Crippen LogP contribution in [0.15, 0.2) is 40.3 Å². The minimum absolute atomic E-state index is 0.252. The van der Waals surface area contributed by atoms with Gasteiger partial charge < -0.3 is 4.74 Å². The average Bonchev–Trinajstić information content (AvgIpc) is 2.67. The van der Waals surface area contributed by atoms with E-state index >= 15 is 0 Å². The van der Waals surface area contributed by atoms with Crippen LogP contribution < -0.4 is 0 Å². The van der Waals surface area contributed by atoms with Crippen LogP contribution in [0.2, 0.25) is 0 Å². The van der Waals surface area contributed by atoms with Gasteiger partial charge in [0.25, 0.3) is 0 Å². The van der Waals surface area contributed by atoms with Crippen molar-refractivity contribution in [3.8, 4) is 0 Å². The molecule has 3 heteroatoms. The Balaban J connectivity index is 2.16. The molecule has 0 N–H and O–H groups in total. The molecule has 3 nitrogen and oxygen atoms in total. The van der Waals surface area contributed by atoms with Gasteiger partial charge >= 0.3 is 0 Å². The first-order valence-electron chi connectivity index (χ1n) is 4.85. The Morgan fingerprint density at radius 3 is 3.00 bits per heavy atom. The zero-order valence-electron chi connectivity index (χ0n) is 8.34. The minimum Gasteiger partial charge on any atom is -0.354 e. The van der Waals surface area contributed by atoms with Crippen LogP contribution in [0.1, 0.15) is 5.56 Å². The Morgan fingerprint density at radius 2 is 2.13 bits per heavy atom. The number of ether oxygens (including phenoxy) is 1. The van der Waals surface area contributed by atoms with Gasteiger partial charge in [-0.1, -0.05) is 18.2 Å². The molecule has 2 aliphatic heterocycles. The zero-order valence-corrected chi connectivity index (χ0v) is 8.34. The van der Waals surface area contributed by atoms with Crippen LogP contribution in [0.5, 0.6) is 0 Å². The fourth-order valence-corrected chi connectivity index (χ4v) is 1.93. The van der Waals surface area contributed by atoms with Crippen molar-refractivity contribution >= 4 is 23.2 Å². The number of fused-ring (bicyclic) bond motifs is 3. The highest BCUT2D eigenvalue weighted by Gasteiger charge is 2.28. The third-order valence-corrected chi connectivity index (χ3v) is 2.63. The molecular weight excluding hydrogens is 188 g/mol. The van der Waals surface area contributed by atoms with Crippen molar-refractivity contribution in [2.24, 2.45) is 9.98 Å². The summed E-state index contributed by atoms with van der Waals surface area (Å²) in [6.45, 7) is 0. The van der Waals surface area contributed by atoms with Gasteiger partial charge in [-0.15, -0.1) is 0 Å². The van der Waals surface area contributed by atoms with Gasteiger partial charge in [-0.25, -0.2) is 4.99 Å². The molecule has 3 rings (SSSR count). The molecule has 0 saturated carbocycles. The lowest BCUT2D eigenvalue weighted by atomic mass is 10.0. The summed E-state index contributed by atoms with van der Waals surface area (Å²) in [6.07, 6.45) is 3.52. The van der Waals surface area contributed by atoms with Crippen molar-refractivity contribution in [2.45, 2.75) is 6.23 Å². The Kier molecular flexibility index (Phi) is 1.79. The molecule has 74 valence electrons. The number of hydrogen-bond acceptors (Lipinski definition) is 3. The van der Waals surface area contributed by atoms with Gasteiger partial charge in [0.2, 0.25) is 0 Å². The first-order chi connectivity index (χ1) is 7.40. The van der Waals surface area contributed by atoms with E-state index in [9.17, 15) is 0 Å². The van der Waals surface area contributed by atoms with Crippen molar-refractivity contribution in [1.82, 2.24) is 0 Å². The average molecular weight is 198 g/mol. The monoisotopic (exact) mass is 198 g/mol. The van der Waals surface area contributed by atoms with Crippen molar-refractivity contribution in [2.75, 3.05) is 7.11 Å². The Bertz CT molecular complexity index is 500. The van der Waals surface area contributed by atoms with Crippen molar-refractivity contribution in [3.63, 3.8) is 0 Å². The molecule has 0 aromatic heterocycles. The van der Waals surface area contributed by atoms with Gasteiger partial charge in [0, 0.05) is 24.5 Å². The summed E-state index contributed by atoms with van der Waals surface area (Å²) >= 11 is 0. The second-order valence-corrected chi connectivity index (χ2v) is 3.48. The predicted molar refractivity (Wildman–Crippen MR) is 60.8 cm³/mol. The Labute approximate surface area is 87.8 Å². The molecule has 0 spiro atoms. The van der Waals surface area contributed by atoms with E-state index in [1.807, 2.05) is 24.3 Å². The normalized spacial score (nSPS) is 21.8. The summed E-state index contributed by atoms with van der Waals surface area (Å²) in [6, 6.07) is 8.09. The fourth-order valence-electron chi connectivity index (χ4n) is 1.93. The summed E-state index contributed by atoms with van der Waals surface area (Å²) in [5.41, 5.74) is 4.22. The first-order valence-corrected chi connectivity index (χ1v) is 4.85. The minimum atomic E-state index is -0.252. The van der Waals surface area contributed by atoms with E-state index in [4.69, 9.17) is 4.74 Å². The molecule has 1 aromatic carbocycles. The van der Waals surface area contributed by atoms with Gasteiger partial charge in [0.1, 0.15) is 5.71 Å². The van der Waals surface area contributed by atoms with Crippen LogP contribution in [-0.4, -0.2) is 25.3 Å². The van der Waals surface area contributed by atoms with Crippen LogP contribution in [-0.2, 0) is 4.74 Å². The molecule has 2 aliphatic rings. The van der Waals surface area contributed by atoms with E-state index in [0.29, 0.717) is 0 Å². The summed E-state index contributed by atoms with van der Waals surface area (Å²) in [7, 11) is 1.65. The van der Waals surface area contributed by atoms with Gasteiger partial charge in [0.05, 0.1) is 5.69 Å². The van der Waals surface area contributed by atoms with Crippen molar-refractivity contribution in [1.29, 1.82) is 0 Å². The smallest absolute Gasteiger partial charge is 0.191 e. The highest BCUT2D eigenvalue weighted by atomic mass is 16.5. The second kappa shape index (κ2) is 3.14. The fraction of sp³-hybridized carbons (Fsp3) is 0.167. The molecule has 0 fully saturated rings. The molecule has 2 heterocycles. The summed E-state index contributed by atoms with van der Waals surface area (Å²) in [4.78, 5) is 8.75. The Morgan fingerprint density at radius 1 is 1.27 bits per heavy atom. The number of nitrogens with zero attached hydrogens (tertiary/aromatic N) is 2. The number of rotatable bonds is 1. The molecule has 0 radical (unpaired) electrons. The molecule has 1 atom stereocenters. The maximum Gasteiger partial charge on any atom is 0.191 e. The third kappa shape index (κ3) is 1.17. The Hall–Kier alpha value is -1.74. The number of benzene rings is 1. The highest BCUT2D eigenvalue weighted by Crippen LogP contribution is 2.36. The van der Waals surface area contributed by atoms with Gasteiger partial charge in [-0.05, 0) is 12.1 Å². The van der Waals surface area contributed by atoms with E-state index < -0.39 is 0 Å². The van der Waals surface area contributed by atoms with Gasteiger partial charge in [0.15, 0.2) is 6.23 Å². The van der Waals surface area contributed by atoms with Crippen LogP contribution in [0.25, 0.3) is 5.57 Å². The van der Waals surface area contributed by atoms with E-state index in [1.54, 1.807) is 13.3 Å². The standard InChI is InChI=1S/C12H10N2O/c1-15-12-11-9(6-7-13-12)8-4-2-3-5-10(8)14-11/h2-7,12H,1H3. The zero-order chi connectivity index (χ0) is 10.3. The lowest BCUT2D eigenvalue weighted by molar-refractivity contribution is 0.165. The van der Waals surface area contributed by atoms with E-state index in [2.05, 4.69) is 16.1 Å². The number of allylic oxidation sites excluding steroid dienone is 1. The maximum absolute atomic E-state index is 5.27. The molecular formula is C12H10N2O. The lowest BCUT2D eigenvalue weighted by Crippen LogP contribution is -2.22. The first kappa shape index (κ1) is 8.56. The molecule has 15 heavy (non-hydrogen) atoms. The largest absolute Gasteiger partial charge is 0.354 e. The third-order valence-electron chi connectivity index (χ3n) is 2.63. The summed E-state index contributed by atoms with van der Waals surface area (Å²) < 4.78 is 5.27. The maximum atomic E-state index is 5.27. The molecule has 1 unspecified atom stereocenters. The van der Waals surface area contributed by atoms with Crippen LogP contribution in [0.3, 0.4) is 0 Å². The SMILES string of the molecule is COC1N=CC=C2C1=Nc1ccccc12. The van der Waals surface area contributed by atoms with Crippen LogP contribution in [0, 0.1) is 0 Å². The topological polar surface area (TPSA) is 34.0 Å². The number of aliphatic imine (C=N–C) groups is 2. The molecule has 1 aromatic rings. The van der Waals surface area contributed by atoms with E-state index in [-0.39, 0.29) is 6.23 Å². The number of dihydropyridines is 1.